The molecule has 2 aliphatic heterocycles. The molecule has 3 rings (SSSR count). The Labute approximate surface area is 194 Å². The molecular weight excluding hydrogens is 420 g/mol. The molecule has 0 radical (unpaired) electrons. The molecule has 2 heterocycles. The number of carbonyl (C=O) groups excluding carboxylic acids is 2. The van der Waals surface area contributed by atoms with Crippen molar-refractivity contribution in [3.8, 4) is 5.75 Å². The Morgan fingerprint density at radius 2 is 1.91 bits per heavy atom. The van der Waals surface area contributed by atoms with Crippen LogP contribution in [0.3, 0.4) is 0 Å². The molecule has 0 saturated carbocycles. The highest BCUT2D eigenvalue weighted by atomic mass is 16.5. The van der Waals surface area contributed by atoms with E-state index in [2.05, 4.69) is 4.99 Å². The Morgan fingerprint density at radius 3 is 2.48 bits per heavy atom. The molecule has 9 nitrogen and oxygen atoms in total. The highest BCUT2D eigenvalue weighted by molar-refractivity contribution is 6.09. The zero-order valence-electron chi connectivity index (χ0n) is 19.4. The summed E-state index contributed by atoms with van der Waals surface area (Å²) < 4.78 is 5.49. The van der Waals surface area contributed by atoms with Gasteiger partial charge in [-0.05, 0) is 44.4 Å². The summed E-state index contributed by atoms with van der Waals surface area (Å²) in [5.41, 5.74) is 13.9. The molecule has 2 amide bonds. The lowest BCUT2D eigenvalue weighted by atomic mass is 9.77. The zero-order chi connectivity index (χ0) is 24.2. The van der Waals surface area contributed by atoms with Crippen LogP contribution >= 0.6 is 0 Å². The number of nitrogens with one attached hydrogen (secondary N) is 1. The van der Waals surface area contributed by atoms with Crippen LogP contribution in [0.5, 0.6) is 5.75 Å². The van der Waals surface area contributed by atoms with Gasteiger partial charge in [-0.15, -0.1) is 0 Å². The van der Waals surface area contributed by atoms with Gasteiger partial charge in [0.15, 0.2) is 0 Å². The van der Waals surface area contributed by atoms with E-state index in [1.54, 1.807) is 43.0 Å². The molecule has 2 fully saturated rings. The number of allylic oxidation sites excluding steroid dienone is 2. The number of piperidine rings is 1. The van der Waals surface area contributed by atoms with E-state index in [-0.39, 0.29) is 17.5 Å². The van der Waals surface area contributed by atoms with Crippen LogP contribution < -0.4 is 21.1 Å². The van der Waals surface area contributed by atoms with Crippen molar-refractivity contribution in [1.82, 2.24) is 4.90 Å². The Hall–Kier alpha value is -3.62. The maximum atomic E-state index is 13.5. The molecule has 0 aliphatic carbocycles. The van der Waals surface area contributed by atoms with Gasteiger partial charge in [0.25, 0.3) is 5.91 Å². The van der Waals surface area contributed by atoms with Crippen LogP contribution in [0.4, 0.5) is 5.69 Å². The van der Waals surface area contributed by atoms with Gasteiger partial charge in [0.2, 0.25) is 5.91 Å². The summed E-state index contributed by atoms with van der Waals surface area (Å²) in [6.07, 6.45) is 6.04. The molecule has 0 bridgehead atoms. The lowest BCUT2D eigenvalue weighted by molar-refractivity contribution is -0.135. The van der Waals surface area contributed by atoms with E-state index >= 15 is 0 Å². The summed E-state index contributed by atoms with van der Waals surface area (Å²) in [7, 11) is 3.20. The lowest BCUT2D eigenvalue weighted by Gasteiger charge is -2.38. The number of likely N-dealkylation sites (tertiary alicyclic amines) is 1. The largest absolute Gasteiger partial charge is 0.496 e. The first-order valence-corrected chi connectivity index (χ1v) is 10.9. The number of anilines is 1. The zero-order valence-corrected chi connectivity index (χ0v) is 19.4. The van der Waals surface area contributed by atoms with E-state index in [9.17, 15) is 9.59 Å². The molecule has 2 aliphatic rings. The first kappa shape index (κ1) is 24.0. The third kappa shape index (κ3) is 4.62. The number of amides is 2. The van der Waals surface area contributed by atoms with Crippen LogP contribution in [0.1, 0.15) is 31.7 Å². The summed E-state index contributed by atoms with van der Waals surface area (Å²) >= 11 is 0. The second kappa shape index (κ2) is 9.89. The van der Waals surface area contributed by atoms with Crippen molar-refractivity contribution in [1.29, 1.82) is 5.41 Å². The molecule has 1 spiro atoms. The van der Waals surface area contributed by atoms with Crippen molar-refractivity contribution in [3.63, 3.8) is 0 Å². The number of hydrogen-bond donors (Lipinski definition) is 3. The van der Waals surface area contributed by atoms with E-state index < -0.39 is 5.41 Å². The number of methoxy groups -OCH3 is 1. The number of ether oxygens (including phenoxy) is 1. The molecule has 176 valence electrons. The Balaban J connectivity index is 1.74. The summed E-state index contributed by atoms with van der Waals surface area (Å²) in [4.78, 5) is 33.6. The van der Waals surface area contributed by atoms with E-state index in [0.717, 1.165) is 12.1 Å². The molecule has 9 heteroatoms. The molecular formula is C24H32N6O3. The smallest absolute Gasteiger partial charge is 0.269 e. The predicted octanol–water partition coefficient (Wildman–Crippen LogP) is 1.92. The lowest BCUT2D eigenvalue weighted by Crippen LogP contribution is -2.47. The Bertz CT molecular complexity index is 1030. The second-order valence-corrected chi connectivity index (χ2v) is 8.39. The van der Waals surface area contributed by atoms with Crippen molar-refractivity contribution in [2.24, 2.45) is 21.9 Å². The first-order chi connectivity index (χ1) is 15.8. The van der Waals surface area contributed by atoms with E-state index in [0.29, 0.717) is 55.1 Å². The van der Waals surface area contributed by atoms with Gasteiger partial charge in [-0.25, -0.2) is 0 Å². The van der Waals surface area contributed by atoms with Crippen LogP contribution in [-0.2, 0) is 9.59 Å². The third-order valence-electron chi connectivity index (χ3n) is 6.63. The topological polar surface area (TPSA) is 138 Å². The summed E-state index contributed by atoms with van der Waals surface area (Å²) in [6, 6.07) is 5.47. The highest BCUT2D eigenvalue weighted by Gasteiger charge is 2.49. The van der Waals surface area contributed by atoms with Gasteiger partial charge < -0.3 is 31.4 Å². The van der Waals surface area contributed by atoms with E-state index in [4.69, 9.17) is 21.6 Å². The standard InChI is InChI=1S/C24H32N6O3/c1-16(28-2)12-20(27)22(31)29-9-6-24(7-10-29)8-11-30(23(24)32)18-4-5-19(17(14-25)15-26)21(13-18)33-3/h4-5,12-15,25H,6-11,26-27H2,1-3H3/b17-15+,20-12?,25-14?,28-16?. The Morgan fingerprint density at radius 1 is 1.24 bits per heavy atom. The second-order valence-electron chi connectivity index (χ2n) is 8.39. The number of nitrogens with two attached hydrogens (primary N) is 2. The fourth-order valence-corrected chi connectivity index (χ4v) is 4.50. The van der Waals surface area contributed by atoms with Crippen molar-refractivity contribution >= 4 is 35.0 Å². The van der Waals surface area contributed by atoms with Crippen LogP contribution in [-0.4, -0.2) is 62.4 Å². The van der Waals surface area contributed by atoms with Gasteiger partial charge >= 0.3 is 0 Å². The molecule has 1 aromatic rings. The maximum Gasteiger partial charge on any atom is 0.269 e. The van der Waals surface area contributed by atoms with E-state index in [1.807, 2.05) is 12.1 Å². The third-order valence-corrected chi connectivity index (χ3v) is 6.63. The van der Waals surface area contributed by atoms with Crippen LogP contribution in [0, 0.1) is 10.8 Å². The van der Waals surface area contributed by atoms with Crippen LogP contribution in [0.25, 0.3) is 5.57 Å². The van der Waals surface area contributed by atoms with Gasteiger partial charge in [0.05, 0.1) is 18.2 Å². The SMILES string of the molecule is CN=C(C)C=C(N)C(=O)N1CCC2(CC1)CCN(c1ccc(/C(C=N)=C/N)c(OC)c1)C2=O. The monoisotopic (exact) mass is 452 g/mol. The van der Waals surface area contributed by atoms with Crippen molar-refractivity contribution in [2.75, 3.05) is 38.7 Å². The fourth-order valence-electron chi connectivity index (χ4n) is 4.50. The van der Waals surface area contributed by atoms with Gasteiger partial charge in [0, 0.05) is 67.7 Å². The molecule has 0 atom stereocenters. The quantitative estimate of drug-likeness (QED) is 0.447. The number of hydrogen-bond acceptors (Lipinski definition) is 7. The highest BCUT2D eigenvalue weighted by Crippen LogP contribution is 2.44. The predicted molar refractivity (Wildman–Crippen MR) is 130 cm³/mol. The Kier molecular flexibility index (Phi) is 7.20. The normalized spacial score (nSPS) is 19.2. The number of carbonyl (C=O) groups is 2. The van der Waals surface area contributed by atoms with Gasteiger partial charge in [0.1, 0.15) is 5.75 Å². The molecule has 1 aromatic carbocycles. The minimum absolute atomic E-state index is 0.0727. The number of aliphatic imine (C=N–C) groups is 1. The molecule has 5 N–H and O–H groups in total. The molecule has 0 unspecified atom stereocenters. The summed E-state index contributed by atoms with van der Waals surface area (Å²) in [5.74, 6) is 0.406. The minimum Gasteiger partial charge on any atom is -0.496 e. The molecule has 2 saturated heterocycles. The minimum atomic E-state index is -0.473. The number of benzene rings is 1. The van der Waals surface area contributed by atoms with Gasteiger partial charge in [-0.2, -0.15) is 0 Å². The first-order valence-electron chi connectivity index (χ1n) is 10.9. The van der Waals surface area contributed by atoms with Crippen molar-refractivity contribution in [3.05, 3.63) is 41.7 Å². The average molecular weight is 453 g/mol. The maximum absolute atomic E-state index is 13.5. The molecule has 0 aromatic heterocycles. The van der Waals surface area contributed by atoms with Gasteiger partial charge in [-0.3, -0.25) is 14.6 Å². The van der Waals surface area contributed by atoms with Gasteiger partial charge in [-0.1, -0.05) is 0 Å². The van der Waals surface area contributed by atoms with Crippen molar-refractivity contribution < 1.29 is 14.3 Å². The number of nitrogens with zero attached hydrogens (tertiary/aromatic N) is 3. The van der Waals surface area contributed by atoms with Crippen LogP contribution in [0.15, 0.2) is 41.2 Å². The average Bonchev–Trinajstić information content (AvgIpc) is 3.15. The summed E-state index contributed by atoms with van der Waals surface area (Å²) in [5, 5.41) is 7.53. The van der Waals surface area contributed by atoms with Crippen molar-refractivity contribution in [2.45, 2.75) is 26.2 Å². The fraction of sp³-hybridized carbons (Fsp3) is 0.417. The van der Waals surface area contributed by atoms with E-state index in [1.165, 1.54) is 12.4 Å². The number of rotatable bonds is 6. The molecule has 33 heavy (non-hydrogen) atoms. The van der Waals surface area contributed by atoms with Crippen LogP contribution in [0.2, 0.25) is 0 Å². The summed E-state index contributed by atoms with van der Waals surface area (Å²) in [6.45, 7) is 3.37.